The number of methoxy groups -OCH3 is 1. The van der Waals surface area contributed by atoms with Gasteiger partial charge in [0.1, 0.15) is 18.2 Å². The lowest BCUT2D eigenvalue weighted by Gasteiger charge is -2.23. The molecule has 1 aromatic carbocycles. The van der Waals surface area contributed by atoms with Gasteiger partial charge in [0.2, 0.25) is 0 Å². The minimum Gasteiger partial charge on any atom is -0.491 e. The molecule has 1 aromatic heterocycles. The van der Waals surface area contributed by atoms with Crippen molar-refractivity contribution < 1.29 is 9.47 Å². The summed E-state index contributed by atoms with van der Waals surface area (Å²) in [6.07, 6.45) is 1.80. The van der Waals surface area contributed by atoms with Gasteiger partial charge in [-0.3, -0.25) is 0 Å². The Morgan fingerprint density at radius 1 is 1.19 bits per heavy atom. The number of ether oxygens (including phenoxy) is 2. The SMILES string of the molecule is CCN(CCNCCn1ncc(C)c1N)c1ccc(OCCOC)cc1. The number of nitrogens with zero attached hydrogens (tertiary/aromatic N) is 3. The molecule has 0 fully saturated rings. The summed E-state index contributed by atoms with van der Waals surface area (Å²) in [6, 6.07) is 8.20. The van der Waals surface area contributed by atoms with Crippen LogP contribution >= 0.6 is 0 Å². The fraction of sp³-hybridized carbons (Fsp3) is 0.526. The number of nitrogens with one attached hydrogen (secondary N) is 1. The summed E-state index contributed by atoms with van der Waals surface area (Å²) in [6.45, 7) is 9.71. The number of nitrogen functional groups attached to an aromatic ring is 1. The predicted molar refractivity (Wildman–Crippen MR) is 106 cm³/mol. The highest BCUT2D eigenvalue weighted by Crippen LogP contribution is 2.19. The average molecular weight is 361 g/mol. The number of hydrogen-bond donors (Lipinski definition) is 2. The third-order valence-electron chi connectivity index (χ3n) is 4.27. The Hall–Kier alpha value is -2.25. The summed E-state index contributed by atoms with van der Waals surface area (Å²) in [5, 5.41) is 7.72. The first-order valence-corrected chi connectivity index (χ1v) is 9.11. The highest BCUT2D eigenvalue weighted by molar-refractivity contribution is 5.49. The Balaban J connectivity index is 1.72. The van der Waals surface area contributed by atoms with Crippen molar-refractivity contribution in [2.45, 2.75) is 20.4 Å². The van der Waals surface area contributed by atoms with E-state index in [-0.39, 0.29) is 0 Å². The zero-order valence-corrected chi connectivity index (χ0v) is 16.1. The van der Waals surface area contributed by atoms with E-state index in [2.05, 4.69) is 34.4 Å². The van der Waals surface area contributed by atoms with Crippen molar-refractivity contribution in [2.24, 2.45) is 0 Å². The van der Waals surface area contributed by atoms with Crippen molar-refractivity contribution in [3.05, 3.63) is 36.0 Å². The number of rotatable bonds is 12. The fourth-order valence-corrected chi connectivity index (χ4v) is 2.66. The molecule has 2 aromatic rings. The van der Waals surface area contributed by atoms with Gasteiger partial charge in [-0.15, -0.1) is 0 Å². The third kappa shape index (κ3) is 5.93. The van der Waals surface area contributed by atoms with Gasteiger partial charge in [0.25, 0.3) is 0 Å². The topological polar surface area (TPSA) is 77.6 Å². The number of benzene rings is 1. The molecular weight excluding hydrogens is 330 g/mol. The molecule has 144 valence electrons. The van der Waals surface area contributed by atoms with Crippen LogP contribution in [-0.4, -0.2) is 56.3 Å². The van der Waals surface area contributed by atoms with Crippen molar-refractivity contribution in [1.82, 2.24) is 15.1 Å². The van der Waals surface area contributed by atoms with Crippen LogP contribution in [-0.2, 0) is 11.3 Å². The lowest BCUT2D eigenvalue weighted by atomic mass is 10.2. The molecule has 0 saturated heterocycles. The van der Waals surface area contributed by atoms with Crippen LogP contribution in [0.5, 0.6) is 5.75 Å². The first-order chi connectivity index (χ1) is 12.7. The Morgan fingerprint density at radius 2 is 1.96 bits per heavy atom. The van der Waals surface area contributed by atoms with Crippen LogP contribution in [0.2, 0.25) is 0 Å². The minimum atomic E-state index is 0.567. The van der Waals surface area contributed by atoms with E-state index in [1.165, 1.54) is 5.69 Å². The van der Waals surface area contributed by atoms with E-state index in [1.54, 1.807) is 13.3 Å². The maximum Gasteiger partial charge on any atom is 0.124 e. The minimum absolute atomic E-state index is 0.567. The highest BCUT2D eigenvalue weighted by Gasteiger charge is 2.05. The number of hydrogen-bond acceptors (Lipinski definition) is 6. The van der Waals surface area contributed by atoms with Crippen LogP contribution in [0.25, 0.3) is 0 Å². The summed E-state index contributed by atoms with van der Waals surface area (Å²) in [7, 11) is 1.67. The van der Waals surface area contributed by atoms with Crippen molar-refractivity contribution >= 4 is 11.5 Å². The molecule has 0 aliphatic carbocycles. The molecular formula is C19H31N5O2. The van der Waals surface area contributed by atoms with E-state index in [1.807, 2.05) is 23.7 Å². The fourth-order valence-electron chi connectivity index (χ4n) is 2.66. The standard InChI is InChI=1S/C19H31N5O2/c1-4-23(17-5-7-18(8-6-17)26-14-13-25-3)11-9-21-10-12-24-19(20)16(2)15-22-24/h5-8,15,21H,4,9-14,20H2,1-3H3. The van der Waals surface area contributed by atoms with E-state index >= 15 is 0 Å². The van der Waals surface area contributed by atoms with Gasteiger partial charge in [-0.05, 0) is 38.1 Å². The molecule has 0 aliphatic heterocycles. The lowest BCUT2D eigenvalue weighted by Crippen LogP contribution is -2.33. The van der Waals surface area contributed by atoms with Crippen molar-refractivity contribution in [3.8, 4) is 5.75 Å². The number of anilines is 2. The van der Waals surface area contributed by atoms with E-state index < -0.39 is 0 Å². The molecule has 0 amide bonds. The second kappa shape index (κ2) is 10.7. The molecule has 0 spiro atoms. The Kier molecular flexibility index (Phi) is 8.24. The van der Waals surface area contributed by atoms with Crippen LogP contribution in [0.3, 0.4) is 0 Å². The molecule has 0 saturated carbocycles. The van der Waals surface area contributed by atoms with Gasteiger partial charge in [-0.2, -0.15) is 5.10 Å². The van der Waals surface area contributed by atoms with Crippen LogP contribution < -0.4 is 20.7 Å². The van der Waals surface area contributed by atoms with Gasteiger partial charge >= 0.3 is 0 Å². The van der Waals surface area contributed by atoms with Crippen LogP contribution in [0.1, 0.15) is 12.5 Å². The summed E-state index contributed by atoms with van der Waals surface area (Å²) in [5.74, 6) is 1.61. The van der Waals surface area contributed by atoms with Gasteiger partial charge in [0.05, 0.1) is 19.3 Å². The molecule has 7 nitrogen and oxygen atoms in total. The molecule has 0 aliphatic rings. The van der Waals surface area contributed by atoms with Gasteiger partial charge in [0.15, 0.2) is 0 Å². The normalized spacial score (nSPS) is 10.9. The second-order valence-corrected chi connectivity index (χ2v) is 6.10. The zero-order chi connectivity index (χ0) is 18.8. The molecule has 0 atom stereocenters. The molecule has 0 radical (unpaired) electrons. The molecule has 0 unspecified atom stereocenters. The molecule has 1 heterocycles. The van der Waals surface area contributed by atoms with Gasteiger partial charge < -0.3 is 25.4 Å². The van der Waals surface area contributed by atoms with Crippen LogP contribution in [0.15, 0.2) is 30.5 Å². The molecule has 0 bridgehead atoms. The van der Waals surface area contributed by atoms with Crippen molar-refractivity contribution in [1.29, 1.82) is 0 Å². The summed E-state index contributed by atoms with van der Waals surface area (Å²) < 4.78 is 12.4. The van der Waals surface area contributed by atoms with Crippen molar-refractivity contribution in [3.63, 3.8) is 0 Å². The largest absolute Gasteiger partial charge is 0.491 e. The molecule has 2 rings (SSSR count). The monoisotopic (exact) mass is 361 g/mol. The summed E-state index contributed by atoms with van der Waals surface area (Å²) in [5.41, 5.74) is 8.18. The summed E-state index contributed by atoms with van der Waals surface area (Å²) in [4.78, 5) is 2.33. The average Bonchev–Trinajstić information content (AvgIpc) is 2.98. The number of likely N-dealkylation sites (N-methyl/N-ethyl adjacent to an activating group) is 1. The van der Waals surface area contributed by atoms with Gasteiger partial charge in [0, 0.05) is 44.5 Å². The molecule has 26 heavy (non-hydrogen) atoms. The van der Waals surface area contributed by atoms with Crippen LogP contribution in [0.4, 0.5) is 11.5 Å². The number of aryl methyl sites for hydroxylation is 1. The zero-order valence-electron chi connectivity index (χ0n) is 16.1. The Labute approximate surface area is 156 Å². The lowest BCUT2D eigenvalue weighted by molar-refractivity contribution is 0.146. The second-order valence-electron chi connectivity index (χ2n) is 6.10. The quantitative estimate of drug-likeness (QED) is 0.563. The highest BCUT2D eigenvalue weighted by atomic mass is 16.5. The first kappa shape index (κ1) is 20.1. The Bertz CT molecular complexity index is 642. The van der Waals surface area contributed by atoms with E-state index in [4.69, 9.17) is 15.2 Å². The summed E-state index contributed by atoms with van der Waals surface area (Å²) >= 11 is 0. The van der Waals surface area contributed by atoms with Crippen LogP contribution in [0, 0.1) is 6.92 Å². The van der Waals surface area contributed by atoms with Crippen molar-refractivity contribution in [2.75, 3.05) is 57.1 Å². The Morgan fingerprint density at radius 3 is 2.58 bits per heavy atom. The third-order valence-corrected chi connectivity index (χ3v) is 4.27. The first-order valence-electron chi connectivity index (χ1n) is 9.11. The predicted octanol–water partition coefficient (Wildman–Crippen LogP) is 1.92. The molecule has 3 N–H and O–H groups in total. The smallest absolute Gasteiger partial charge is 0.124 e. The van der Waals surface area contributed by atoms with E-state index in [0.717, 1.165) is 49.9 Å². The molecule has 7 heteroatoms. The maximum atomic E-state index is 5.96. The van der Waals surface area contributed by atoms with E-state index in [0.29, 0.717) is 13.2 Å². The maximum absolute atomic E-state index is 5.96. The van der Waals surface area contributed by atoms with Gasteiger partial charge in [-0.25, -0.2) is 4.68 Å². The van der Waals surface area contributed by atoms with E-state index in [9.17, 15) is 0 Å². The van der Waals surface area contributed by atoms with Gasteiger partial charge in [-0.1, -0.05) is 0 Å². The number of nitrogens with two attached hydrogens (primary N) is 1. The number of aromatic nitrogens is 2.